The first-order valence-electron chi connectivity index (χ1n) is 9.15. The molecule has 140 valence electrons. The number of amides is 1. The van der Waals surface area contributed by atoms with Crippen LogP contribution in [-0.4, -0.2) is 51.9 Å². The Hall–Kier alpha value is -2.96. The number of nitrogens with zero attached hydrogens (tertiary/aromatic N) is 4. The number of benzene rings is 1. The van der Waals surface area contributed by atoms with E-state index in [0.29, 0.717) is 29.7 Å². The Kier molecular flexibility index (Phi) is 4.75. The molecule has 0 spiro atoms. The van der Waals surface area contributed by atoms with Gasteiger partial charge in [0.25, 0.3) is 0 Å². The fourth-order valence-corrected chi connectivity index (χ4v) is 3.62. The summed E-state index contributed by atoms with van der Waals surface area (Å²) in [7, 11) is 1.86. The van der Waals surface area contributed by atoms with Crippen LogP contribution in [0.2, 0.25) is 0 Å². The van der Waals surface area contributed by atoms with Gasteiger partial charge in [0.2, 0.25) is 5.91 Å². The van der Waals surface area contributed by atoms with Gasteiger partial charge in [0.15, 0.2) is 5.82 Å². The van der Waals surface area contributed by atoms with Gasteiger partial charge < -0.3 is 14.8 Å². The molecule has 27 heavy (non-hydrogen) atoms. The molecule has 0 radical (unpaired) electrons. The minimum atomic E-state index is -0.347. The number of para-hydroxylation sites is 1. The van der Waals surface area contributed by atoms with Crippen LogP contribution < -0.4 is 4.90 Å². The Morgan fingerprint density at radius 3 is 2.93 bits per heavy atom. The van der Waals surface area contributed by atoms with E-state index < -0.39 is 0 Å². The molecule has 1 atom stereocenters. The zero-order valence-electron chi connectivity index (χ0n) is 15.2. The number of hydrogen-bond donors (Lipinski definition) is 1. The molecule has 4 rings (SSSR count). The maximum atomic E-state index is 13.7. The summed E-state index contributed by atoms with van der Waals surface area (Å²) in [5.41, 5.74) is 2.13. The Balaban J connectivity index is 1.34. The van der Waals surface area contributed by atoms with E-state index in [-0.39, 0.29) is 17.8 Å². The van der Waals surface area contributed by atoms with Crippen LogP contribution in [0, 0.1) is 5.82 Å². The number of nitrogens with one attached hydrogen (secondary N) is 1. The molecule has 1 aliphatic rings. The number of aryl methyl sites for hydroxylation is 1. The number of rotatable bonds is 5. The van der Waals surface area contributed by atoms with Crippen molar-refractivity contribution in [1.82, 2.24) is 19.9 Å². The normalized spacial score (nSPS) is 16.8. The smallest absolute Gasteiger partial charge is 0.223 e. The van der Waals surface area contributed by atoms with Crippen LogP contribution in [0.25, 0.3) is 11.0 Å². The fourth-order valence-electron chi connectivity index (χ4n) is 3.62. The van der Waals surface area contributed by atoms with Crippen molar-refractivity contribution >= 4 is 22.6 Å². The first-order valence-corrected chi connectivity index (χ1v) is 9.15. The number of carbonyl (C=O) groups is 1. The number of hydrogen-bond acceptors (Lipinski definition) is 4. The van der Waals surface area contributed by atoms with Gasteiger partial charge in [-0.2, -0.15) is 0 Å². The van der Waals surface area contributed by atoms with Gasteiger partial charge in [-0.15, -0.1) is 0 Å². The molecule has 0 aliphatic carbocycles. The van der Waals surface area contributed by atoms with Crippen LogP contribution >= 0.6 is 0 Å². The molecule has 0 bridgehead atoms. The van der Waals surface area contributed by atoms with Crippen LogP contribution in [0.1, 0.15) is 18.7 Å². The van der Waals surface area contributed by atoms with Crippen molar-refractivity contribution in [2.75, 3.05) is 25.0 Å². The number of fused-ring (bicyclic) bond motifs is 1. The summed E-state index contributed by atoms with van der Waals surface area (Å²) >= 11 is 0. The largest absolute Gasteiger partial charge is 0.369 e. The van der Waals surface area contributed by atoms with Gasteiger partial charge in [0.1, 0.15) is 11.3 Å². The van der Waals surface area contributed by atoms with Crippen LogP contribution in [-0.2, 0) is 11.2 Å². The molecular formula is C20H22FN5O. The summed E-state index contributed by atoms with van der Waals surface area (Å²) < 4.78 is 13.7. The van der Waals surface area contributed by atoms with E-state index >= 15 is 0 Å². The number of carbonyl (C=O) groups excluding carboxylic acids is 1. The summed E-state index contributed by atoms with van der Waals surface area (Å²) in [4.78, 5) is 28.1. The van der Waals surface area contributed by atoms with E-state index in [1.807, 2.05) is 24.1 Å². The standard InChI is InChI=1S/C20H22FN5O/c1-25(15-9-12-26(13-15)14-7-10-22-11-8-14)19(27)6-5-18-23-17-4-2-3-16(21)20(17)24-18/h2-4,7-8,10-11,15H,5-6,9,12-13H2,1H3,(H,23,24). The summed E-state index contributed by atoms with van der Waals surface area (Å²) in [6.07, 6.45) is 5.34. The average Bonchev–Trinajstić information content (AvgIpc) is 3.34. The van der Waals surface area contributed by atoms with Crippen LogP contribution in [0.4, 0.5) is 10.1 Å². The molecule has 7 heteroatoms. The van der Waals surface area contributed by atoms with E-state index in [1.165, 1.54) is 6.07 Å². The molecule has 1 aliphatic heterocycles. The van der Waals surface area contributed by atoms with Crippen molar-refractivity contribution in [2.45, 2.75) is 25.3 Å². The lowest BCUT2D eigenvalue weighted by molar-refractivity contribution is -0.131. The number of anilines is 1. The van der Waals surface area contributed by atoms with Gasteiger partial charge in [-0.05, 0) is 30.7 Å². The molecule has 3 heterocycles. The Bertz CT molecular complexity index is 942. The molecule has 1 N–H and O–H groups in total. The van der Waals surface area contributed by atoms with Gasteiger partial charge in [0, 0.05) is 51.1 Å². The van der Waals surface area contributed by atoms with E-state index in [9.17, 15) is 9.18 Å². The highest BCUT2D eigenvalue weighted by Gasteiger charge is 2.28. The van der Waals surface area contributed by atoms with Gasteiger partial charge in [0.05, 0.1) is 11.6 Å². The molecule has 1 fully saturated rings. The zero-order valence-corrected chi connectivity index (χ0v) is 15.2. The number of H-pyrrole nitrogens is 1. The highest BCUT2D eigenvalue weighted by atomic mass is 19.1. The topological polar surface area (TPSA) is 65.1 Å². The molecule has 1 saturated heterocycles. The zero-order chi connectivity index (χ0) is 18.8. The number of aromatic nitrogens is 3. The third kappa shape index (κ3) is 3.63. The van der Waals surface area contributed by atoms with Crippen molar-refractivity contribution in [3.8, 4) is 0 Å². The second kappa shape index (κ2) is 7.34. The lowest BCUT2D eigenvalue weighted by Crippen LogP contribution is -2.39. The van der Waals surface area contributed by atoms with Gasteiger partial charge in [-0.25, -0.2) is 9.37 Å². The fraction of sp³-hybridized carbons (Fsp3) is 0.350. The predicted octanol–water partition coefficient (Wildman–Crippen LogP) is 2.77. The minimum absolute atomic E-state index is 0.0810. The van der Waals surface area contributed by atoms with E-state index in [1.54, 1.807) is 24.5 Å². The molecular weight excluding hydrogens is 345 g/mol. The summed E-state index contributed by atoms with van der Waals surface area (Å²) in [5, 5.41) is 0. The third-order valence-corrected chi connectivity index (χ3v) is 5.22. The predicted molar refractivity (Wildman–Crippen MR) is 102 cm³/mol. The molecule has 2 aromatic heterocycles. The monoisotopic (exact) mass is 367 g/mol. The van der Waals surface area contributed by atoms with Crippen molar-refractivity contribution in [1.29, 1.82) is 0 Å². The SMILES string of the molecule is CN(C(=O)CCc1nc2c(F)cccc2[nH]1)C1CCN(c2ccncc2)C1. The quantitative estimate of drug-likeness (QED) is 0.753. The number of pyridine rings is 1. The Morgan fingerprint density at radius 2 is 2.15 bits per heavy atom. The molecule has 1 aromatic carbocycles. The summed E-state index contributed by atoms with van der Waals surface area (Å²) in [6, 6.07) is 9.00. The maximum absolute atomic E-state index is 13.7. The lowest BCUT2D eigenvalue weighted by Gasteiger charge is -2.25. The van der Waals surface area contributed by atoms with Crippen molar-refractivity contribution < 1.29 is 9.18 Å². The van der Waals surface area contributed by atoms with Crippen LogP contribution in [0.15, 0.2) is 42.7 Å². The minimum Gasteiger partial charge on any atom is -0.369 e. The van der Waals surface area contributed by atoms with E-state index in [0.717, 1.165) is 25.2 Å². The highest BCUT2D eigenvalue weighted by molar-refractivity contribution is 5.78. The van der Waals surface area contributed by atoms with E-state index in [4.69, 9.17) is 0 Å². The second-order valence-electron chi connectivity index (χ2n) is 6.92. The number of aromatic amines is 1. The first kappa shape index (κ1) is 17.5. The van der Waals surface area contributed by atoms with Crippen molar-refractivity contribution in [3.63, 3.8) is 0 Å². The third-order valence-electron chi connectivity index (χ3n) is 5.22. The van der Waals surface area contributed by atoms with Crippen molar-refractivity contribution in [2.24, 2.45) is 0 Å². The number of halogens is 1. The van der Waals surface area contributed by atoms with Crippen LogP contribution in [0.3, 0.4) is 0 Å². The van der Waals surface area contributed by atoms with Crippen molar-refractivity contribution in [3.05, 3.63) is 54.4 Å². The Labute approximate surface area is 157 Å². The van der Waals surface area contributed by atoms with Crippen LogP contribution in [0.5, 0.6) is 0 Å². The summed E-state index contributed by atoms with van der Waals surface area (Å²) in [6.45, 7) is 1.75. The summed E-state index contributed by atoms with van der Waals surface area (Å²) in [5.74, 6) is 0.375. The maximum Gasteiger partial charge on any atom is 0.223 e. The molecule has 1 amide bonds. The first-order chi connectivity index (χ1) is 13.1. The van der Waals surface area contributed by atoms with Gasteiger partial charge in [-0.1, -0.05) is 6.07 Å². The number of likely N-dealkylation sites (N-methyl/N-ethyl adjacent to an activating group) is 1. The van der Waals surface area contributed by atoms with E-state index in [2.05, 4.69) is 19.9 Å². The molecule has 0 saturated carbocycles. The molecule has 1 unspecified atom stereocenters. The van der Waals surface area contributed by atoms with Gasteiger partial charge in [-0.3, -0.25) is 9.78 Å². The lowest BCUT2D eigenvalue weighted by atomic mass is 10.2. The van der Waals surface area contributed by atoms with Gasteiger partial charge >= 0.3 is 0 Å². The number of imidazole rings is 1. The second-order valence-corrected chi connectivity index (χ2v) is 6.92. The Morgan fingerprint density at radius 1 is 1.33 bits per heavy atom. The molecule has 6 nitrogen and oxygen atoms in total. The molecule has 3 aromatic rings. The average molecular weight is 367 g/mol. The highest BCUT2D eigenvalue weighted by Crippen LogP contribution is 2.22.